The number of esters is 1. The van der Waals surface area contributed by atoms with Crippen LogP contribution >= 0.6 is 11.8 Å². The van der Waals surface area contributed by atoms with Gasteiger partial charge in [-0.05, 0) is 36.4 Å². The molecule has 1 aromatic heterocycles. The summed E-state index contributed by atoms with van der Waals surface area (Å²) < 4.78 is 10.5. The van der Waals surface area contributed by atoms with Crippen molar-refractivity contribution in [3.63, 3.8) is 0 Å². The molecule has 1 aromatic carbocycles. The molecule has 0 spiro atoms. The zero-order valence-corrected chi connectivity index (χ0v) is 16.3. The molecule has 1 aliphatic heterocycles. The molecule has 0 saturated carbocycles. The second-order valence-electron chi connectivity index (χ2n) is 6.24. The van der Waals surface area contributed by atoms with Gasteiger partial charge in [-0.1, -0.05) is 0 Å². The van der Waals surface area contributed by atoms with E-state index in [1.54, 1.807) is 12.1 Å². The van der Waals surface area contributed by atoms with Crippen LogP contribution in [-0.4, -0.2) is 47.0 Å². The second-order valence-corrected chi connectivity index (χ2v) is 7.35. The maximum atomic E-state index is 12.5. The fourth-order valence-corrected chi connectivity index (χ4v) is 4.29. The normalized spacial score (nSPS) is 18.3. The van der Waals surface area contributed by atoms with Gasteiger partial charge in [0.15, 0.2) is 6.61 Å². The van der Waals surface area contributed by atoms with E-state index in [1.165, 1.54) is 54.1 Å². The predicted molar refractivity (Wildman–Crippen MR) is 105 cm³/mol. The minimum Gasteiger partial charge on any atom is -0.466 e. The van der Waals surface area contributed by atoms with Gasteiger partial charge in [-0.15, -0.1) is 11.8 Å². The molecule has 152 valence electrons. The third-order valence-corrected chi connectivity index (χ3v) is 5.50. The highest BCUT2D eigenvalue weighted by Crippen LogP contribution is 2.41. The van der Waals surface area contributed by atoms with Crippen LogP contribution < -0.4 is 11.1 Å². The highest BCUT2D eigenvalue weighted by Gasteiger charge is 2.43. The monoisotopic (exact) mass is 417 g/mol. The fraction of sp³-hybridized carbons (Fsp3) is 0.263. The van der Waals surface area contributed by atoms with Crippen LogP contribution in [-0.2, 0) is 19.1 Å². The molecule has 1 aliphatic rings. The number of hydrogen-bond donors (Lipinski definition) is 2. The summed E-state index contributed by atoms with van der Waals surface area (Å²) in [7, 11) is 0. The Balaban J connectivity index is 1.56. The number of nitrogens with two attached hydrogens (primary N) is 1. The minimum atomic E-state index is -0.810. The van der Waals surface area contributed by atoms with Crippen molar-refractivity contribution in [3.05, 3.63) is 54.0 Å². The summed E-state index contributed by atoms with van der Waals surface area (Å²) in [5, 5.41) is 2.13. The highest BCUT2D eigenvalue weighted by molar-refractivity contribution is 7.99. The molecule has 0 aliphatic carbocycles. The van der Waals surface area contributed by atoms with Crippen molar-refractivity contribution < 1.29 is 28.3 Å². The Morgan fingerprint density at radius 3 is 2.55 bits per heavy atom. The van der Waals surface area contributed by atoms with Crippen LogP contribution in [0.15, 0.2) is 47.1 Å². The number of amides is 3. The molecule has 2 aromatic rings. The molecule has 3 N–H and O–H groups in total. The van der Waals surface area contributed by atoms with E-state index in [2.05, 4.69) is 5.32 Å². The number of benzene rings is 1. The molecular weight excluding hydrogens is 398 g/mol. The van der Waals surface area contributed by atoms with E-state index in [9.17, 15) is 19.2 Å². The van der Waals surface area contributed by atoms with Crippen molar-refractivity contribution in [1.82, 2.24) is 4.90 Å². The fourth-order valence-electron chi connectivity index (χ4n) is 2.87. The van der Waals surface area contributed by atoms with Crippen molar-refractivity contribution in [3.8, 4) is 0 Å². The third kappa shape index (κ3) is 4.77. The molecule has 9 nitrogen and oxygen atoms in total. The number of thioether (sulfide) groups is 1. The van der Waals surface area contributed by atoms with E-state index in [1.807, 2.05) is 0 Å². The molecule has 1 saturated heterocycles. The van der Waals surface area contributed by atoms with Crippen molar-refractivity contribution in [2.45, 2.75) is 18.3 Å². The van der Waals surface area contributed by atoms with E-state index < -0.39 is 35.8 Å². The zero-order chi connectivity index (χ0) is 21.0. The topological polar surface area (TPSA) is 132 Å². The standard InChI is InChI=1S/C19H19N3O6S/c1-11(23)22-14(10-29-18(22)15-3-2-8-27-15)19(26)28-9-16(24)21-13-6-4-12(5-7-13)17(20)25/h2-8,14,18H,9-10H2,1H3,(H2,20,25)(H,21,24)/t14-,18-/m0/s1. The van der Waals surface area contributed by atoms with Crippen LogP contribution in [0.5, 0.6) is 0 Å². The van der Waals surface area contributed by atoms with Crippen molar-refractivity contribution >= 4 is 41.1 Å². The molecule has 0 radical (unpaired) electrons. The summed E-state index contributed by atoms with van der Waals surface area (Å²) >= 11 is 1.39. The number of carbonyl (C=O) groups excluding carboxylic acids is 4. The van der Waals surface area contributed by atoms with Gasteiger partial charge in [0.25, 0.3) is 5.91 Å². The average Bonchev–Trinajstić information content (AvgIpc) is 3.35. The largest absolute Gasteiger partial charge is 0.466 e. The summed E-state index contributed by atoms with van der Waals surface area (Å²) in [6, 6.07) is 8.60. The Morgan fingerprint density at radius 2 is 1.97 bits per heavy atom. The molecule has 10 heteroatoms. The van der Waals surface area contributed by atoms with Crippen LogP contribution in [0.2, 0.25) is 0 Å². The van der Waals surface area contributed by atoms with E-state index in [-0.39, 0.29) is 5.91 Å². The number of anilines is 1. The van der Waals surface area contributed by atoms with E-state index >= 15 is 0 Å². The molecule has 0 bridgehead atoms. The first kappa shape index (κ1) is 20.5. The first-order chi connectivity index (χ1) is 13.9. The maximum absolute atomic E-state index is 12.5. The van der Waals surface area contributed by atoms with Gasteiger partial charge < -0.3 is 25.1 Å². The Kier molecular flexibility index (Phi) is 6.23. The molecule has 29 heavy (non-hydrogen) atoms. The van der Waals surface area contributed by atoms with Gasteiger partial charge in [-0.3, -0.25) is 14.4 Å². The maximum Gasteiger partial charge on any atom is 0.330 e. The van der Waals surface area contributed by atoms with Crippen LogP contribution in [0.1, 0.15) is 28.4 Å². The number of nitrogens with one attached hydrogen (secondary N) is 1. The summed E-state index contributed by atoms with van der Waals surface area (Å²) in [4.78, 5) is 49.0. The number of ether oxygens (including phenoxy) is 1. The number of furan rings is 1. The summed E-state index contributed by atoms with van der Waals surface area (Å²) in [6.45, 7) is 0.860. The van der Waals surface area contributed by atoms with Crippen LogP contribution in [0.25, 0.3) is 0 Å². The summed E-state index contributed by atoms with van der Waals surface area (Å²) in [5.74, 6) is -1.18. The molecule has 1 fully saturated rings. The third-order valence-electron chi connectivity index (χ3n) is 4.22. The Morgan fingerprint density at radius 1 is 1.24 bits per heavy atom. The number of nitrogens with zero attached hydrogens (tertiary/aromatic N) is 1. The lowest BCUT2D eigenvalue weighted by molar-refractivity contribution is -0.155. The Bertz CT molecular complexity index is 913. The SMILES string of the molecule is CC(=O)N1[C@H](C(=O)OCC(=O)Nc2ccc(C(N)=O)cc2)CS[C@H]1c1ccco1. The zero-order valence-electron chi connectivity index (χ0n) is 15.5. The quantitative estimate of drug-likeness (QED) is 0.681. The van der Waals surface area contributed by atoms with Crippen LogP contribution in [0, 0.1) is 0 Å². The van der Waals surface area contributed by atoms with Crippen molar-refractivity contribution in [2.75, 3.05) is 17.7 Å². The number of hydrogen-bond acceptors (Lipinski definition) is 7. The molecular formula is C19H19N3O6S. The Hall–Kier alpha value is -3.27. The van der Waals surface area contributed by atoms with E-state index in [4.69, 9.17) is 14.9 Å². The van der Waals surface area contributed by atoms with Crippen molar-refractivity contribution in [2.24, 2.45) is 5.73 Å². The first-order valence-electron chi connectivity index (χ1n) is 8.67. The predicted octanol–water partition coefficient (Wildman–Crippen LogP) is 1.52. The van der Waals surface area contributed by atoms with Gasteiger partial charge in [0.1, 0.15) is 17.2 Å². The van der Waals surface area contributed by atoms with E-state index in [0.717, 1.165) is 0 Å². The number of primary amides is 1. The number of carbonyl (C=O) groups is 4. The van der Waals surface area contributed by atoms with E-state index in [0.29, 0.717) is 22.8 Å². The van der Waals surface area contributed by atoms with Gasteiger partial charge in [0, 0.05) is 23.9 Å². The molecule has 0 unspecified atom stereocenters. The molecule has 2 atom stereocenters. The second kappa shape index (κ2) is 8.82. The van der Waals surface area contributed by atoms with Gasteiger partial charge in [0.2, 0.25) is 11.8 Å². The molecule has 3 amide bonds. The Labute approximate surface area is 170 Å². The van der Waals surface area contributed by atoms with Crippen LogP contribution in [0.3, 0.4) is 0 Å². The smallest absolute Gasteiger partial charge is 0.330 e. The van der Waals surface area contributed by atoms with Gasteiger partial charge in [0.05, 0.1) is 6.26 Å². The molecule has 2 heterocycles. The average molecular weight is 417 g/mol. The molecule has 3 rings (SSSR count). The highest BCUT2D eigenvalue weighted by atomic mass is 32.2. The lowest BCUT2D eigenvalue weighted by Crippen LogP contribution is -2.43. The summed E-state index contributed by atoms with van der Waals surface area (Å²) in [5.41, 5.74) is 5.90. The van der Waals surface area contributed by atoms with Gasteiger partial charge in [-0.25, -0.2) is 4.79 Å². The number of rotatable bonds is 6. The van der Waals surface area contributed by atoms with Gasteiger partial charge in [-0.2, -0.15) is 0 Å². The summed E-state index contributed by atoms with van der Waals surface area (Å²) in [6.07, 6.45) is 1.50. The minimum absolute atomic E-state index is 0.294. The van der Waals surface area contributed by atoms with Crippen molar-refractivity contribution in [1.29, 1.82) is 0 Å². The lowest BCUT2D eigenvalue weighted by atomic mass is 10.2. The first-order valence-corrected chi connectivity index (χ1v) is 9.72. The van der Waals surface area contributed by atoms with Crippen LogP contribution in [0.4, 0.5) is 5.69 Å². The van der Waals surface area contributed by atoms with Gasteiger partial charge >= 0.3 is 5.97 Å². The lowest BCUT2D eigenvalue weighted by Gasteiger charge is -2.25.